The summed E-state index contributed by atoms with van der Waals surface area (Å²) in [4.78, 5) is 25.4. The normalized spacial score (nSPS) is 19.8. The molecule has 1 aromatic carbocycles. The molecule has 2 aromatic rings. The van der Waals surface area contributed by atoms with Crippen LogP contribution >= 0.6 is 0 Å². The lowest BCUT2D eigenvalue weighted by Gasteiger charge is -2.25. The summed E-state index contributed by atoms with van der Waals surface area (Å²) >= 11 is 0. The van der Waals surface area contributed by atoms with Crippen molar-refractivity contribution in [2.45, 2.75) is 37.7 Å². The molecule has 4 rings (SSSR count). The van der Waals surface area contributed by atoms with E-state index in [1.165, 1.54) is 9.47 Å². The van der Waals surface area contributed by atoms with Crippen LogP contribution in [0.2, 0.25) is 0 Å². The van der Waals surface area contributed by atoms with Gasteiger partial charge in [0.2, 0.25) is 5.43 Å². The van der Waals surface area contributed by atoms with Gasteiger partial charge < -0.3 is 25.0 Å². The average molecular weight is 415 g/mol. The van der Waals surface area contributed by atoms with E-state index in [0.717, 1.165) is 12.3 Å². The second-order valence-corrected chi connectivity index (χ2v) is 7.29. The topological polar surface area (TPSA) is 97.8 Å². The number of fused-ring (bicyclic) bond motifs is 1. The lowest BCUT2D eigenvalue weighted by atomic mass is 10.1. The van der Waals surface area contributed by atoms with Gasteiger partial charge in [0.25, 0.3) is 0 Å². The van der Waals surface area contributed by atoms with Gasteiger partial charge in [-0.25, -0.2) is 9.18 Å². The number of carbonyl (C=O) groups is 1. The second-order valence-electron chi connectivity index (χ2n) is 7.29. The highest BCUT2D eigenvalue weighted by Crippen LogP contribution is 2.45. The number of hydrogen-bond acceptors (Lipinski definition) is 5. The highest BCUT2D eigenvalue weighted by atomic mass is 19.4. The smallest absolute Gasteiger partial charge is 0.477 e. The Morgan fingerprint density at radius 2 is 1.97 bits per heavy atom. The van der Waals surface area contributed by atoms with Crippen LogP contribution in [0.4, 0.5) is 23.2 Å². The van der Waals surface area contributed by atoms with E-state index in [2.05, 4.69) is 4.74 Å². The van der Waals surface area contributed by atoms with Gasteiger partial charge in [-0.2, -0.15) is 0 Å². The quantitative estimate of drug-likeness (QED) is 0.745. The summed E-state index contributed by atoms with van der Waals surface area (Å²) < 4.78 is 60.2. The number of hydrogen-bond donors (Lipinski definition) is 2. The summed E-state index contributed by atoms with van der Waals surface area (Å²) in [5.74, 6) is -3.49. The molecule has 3 N–H and O–H groups in total. The Labute approximate surface area is 161 Å². The zero-order valence-electron chi connectivity index (χ0n) is 15.0. The van der Waals surface area contributed by atoms with Crippen LogP contribution in [0.25, 0.3) is 10.9 Å². The molecule has 0 spiro atoms. The number of aromatic nitrogens is 1. The number of pyridine rings is 1. The first-order valence-electron chi connectivity index (χ1n) is 8.97. The molecule has 1 aliphatic carbocycles. The molecule has 7 nitrogen and oxygen atoms in total. The number of rotatable bonds is 4. The van der Waals surface area contributed by atoms with Crippen molar-refractivity contribution < 1.29 is 32.2 Å². The van der Waals surface area contributed by atoms with Gasteiger partial charge in [-0.1, -0.05) is 0 Å². The molecule has 1 aliphatic heterocycles. The number of alkyl halides is 3. The number of ether oxygens (including phenoxy) is 1. The fourth-order valence-corrected chi connectivity index (χ4v) is 3.73. The van der Waals surface area contributed by atoms with Crippen LogP contribution in [0.5, 0.6) is 5.75 Å². The summed E-state index contributed by atoms with van der Waals surface area (Å²) in [6.45, 7) is 0.343. The van der Waals surface area contributed by atoms with Crippen LogP contribution < -0.4 is 20.8 Å². The van der Waals surface area contributed by atoms with Crippen molar-refractivity contribution in [3.63, 3.8) is 0 Å². The van der Waals surface area contributed by atoms with Crippen molar-refractivity contribution in [1.29, 1.82) is 0 Å². The van der Waals surface area contributed by atoms with Gasteiger partial charge in [-0.15, -0.1) is 13.2 Å². The third-order valence-corrected chi connectivity index (χ3v) is 5.13. The Morgan fingerprint density at radius 3 is 2.48 bits per heavy atom. The average Bonchev–Trinajstić information content (AvgIpc) is 3.36. The van der Waals surface area contributed by atoms with Crippen molar-refractivity contribution in [3.05, 3.63) is 33.9 Å². The highest BCUT2D eigenvalue weighted by Gasteiger charge is 2.38. The van der Waals surface area contributed by atoms with E-state index in [0.29, 0.717) is 19.3 Å². The molecular formula is C18H17F4N3O4. The minimum atomic E-state index is -5.15. The van der Waals surface area contributed by atoms with Crippen molar-refractivity contribution in [3.8, 4) is 5.75 Å². The highest BCUT2D eigenvalue weighted by molar-refractivity contribution is 5.97. The fourth-order valence-electron chi connectivity index (χ4n) is 3.73. The number of nitrogens with zero attached hydrogens (tertiary/aromatic N) is 2. The number of halogens is 4. The molecule has 1 atom stereocenters. The summed E-state index contributed by atoms with van der Waals surface area (Å²) in [7, 11) is 0. The van der Waals surface area contributed by atoms with Crippen molar-refractivity contribution in [1.82, 2.24) is 4.57 Å². The number of carboxylic acids is 1. The summed E-state index contributed by atoms with van der Waals surface area (Å²) in [5, 5.41) is 8.82. The zero-order valence-corrected chi connectivity index (χ0v) is 15.0. The van der Waals surface area contributed by atoms with E-state index in [9.17, 15) is 32.3 Å². The number of aromatic carboxylic acids is 1. The zero-order chi connectivity index (χ0) is 21.1. The standard InChI is InChI=1S/C18H17F4N3O4/c19-12-5-10-13(25(9-1-2-9)7-11(15(10)26)17(27)28)16(29-18(20,21)22)14(12)24-4-3-8(23)6-24/h5,7-9H,1-4,6,23H2,(H,27,28)/t8-/m0/s1. The third-order valence-electron chi connectivity index (χ3n) is 5.13. The summed E-state index contributed by atoms with van der Waals surface area (Å²) in [6.07, 6.45) is -2.51. The number of nitrogens with two attached hydrogens (primary N) is 1. The maximum atomic E-state index is 15.0. The van der Waals surface area contributed by atoms with Gasteiger partial charge in [0.15, 0.2) is 11.6 Å². The predicted octanol–water partition coefficient (Wildman–Crippen LogP) is 2.61. The van der Waals surface area contributed by atoms with E-state index < -0.39 is 46.0 Å². The molecule has 29 heavy (non-hydrogen) atoms. The Bertz CT molecular complexity index is 1060. The van der Waals surface area contributed by atoms with Crippen molar-refractivity contribution >= 4 is 22.6 Å². The van der Waals surface area contributed by atoms with Gasteiger partial charge >= 0.3 is 12.3 Å². The molecule has 156 valence electrons. The molecule has 1 aromatic heterocycles. The van der Waals surface area contributed by atoms with Crippen LogP contribution in [0, 0.1) is 5.82 Å². The van der Waals surface area contributed by atoms with E-state index in [-0.39, 0.29) is 30.7 Å². The summed E-state index contributed by atoms with van der Waals surface area (Å²) in [5.41, 5.74) is 3.41. The van der Waals surface area contributed by atoms with Crippen LogP contribution in [-0.2, 0) is 0 Å². The van der Waals surface area contributed by atoms with Crippen LogP contribution in [0.15, 0.2) is 17.1 Å². The lowest BCUT2D eigenvalue weighted by molar-refractivity contribution is -0.274. The van der Waals surface area contributed by atoms with Gasteiger partial charge in [-0.3, -0.25) is 4.79 Å². The Balaban J connectivity index is 2.08. The molecule has 0 bridgehead atoms. The first-order chi connectivity index (χ1) is 13.6. The van der Waals surface area contributed by atoms with Crippen LogP contribution in [0.1, 0.15) is 35.7 Å². The third kappa shape index (κ3) is 3.50. The van der Waals surface area contributed by atoms with Crippen LogP contribution in [0.3, 0.4) is 0 Å². The minimum Gasteiger partial charge on any atom is -0.477 e. The Morgan fingerprint density at radius 1 is 1.28 bits per heavy atom. The molecule has 0 radical (unpaired) electrons. The largest absolute Gasteiger partial charge is 0.573 e. The van der Waals surface area contributed by atoms with Gasteiger partial charge in [0.05, 0.1) is 10.9 Å². The second kappa shape index (κ2) is 6.61. The van der Waals surface area contributed by atoms with Crippen LogP contribution in [-0.4, -0.2) is 41.1 Å². The number of benzene rings is 1. The molecule has 2 aliphatic rings. The Hall–Kier alpha value is -2.82. The maximum Gasteiger partial charge on any atom is 0.573 e. The molecule has 0 amide bonds. The molecule has 2 fully saturated rings. The molecule has 0 unspecified atom stereocenters. The SMILES string of the molecule is N[C@H]1CCN(c2c(F)cc3c(=O)c(C(=O)O)cn(C4CC4)c3c2OC(F)(F)F)C1. The first-order valence-corrected chi connectivity index (χ1v) is 8.97. The number of anilines is 1. The predicted molar refractivity (Wildman–Crippen MR) is 94.9 cm³/mol. The van der Waals surface area contributed by atoms with E-state index >= 15 is 0 Å². The fraction of sp³-hybridized carbons (Fsp3) is 0.444. The molecule has 11 heteroatoms. The monoisotopic (exact) mass is 415 g/mol. The maximum absolute atomic E-state index is 15.0. The van der Waals surface area contributed by atoms with Gasteiger partial charge in [-0.05, 0) is 25.3 Å². The minimum absolute atomic E-state index is 0.123. The number of carboxylic acid groups (broad SMARTS) is 1. The van der Waals surface area contributed by atoms with Gasteiger partial charge in [0, 0.05) is 31.4 Å². The van der Waals surface area contributed by atoms with E-state index in [4.69, 9.17) is 5.73 Å². The molecule has 1 saturated carbocycles. The first kappa shape index (κ1) is 19.5. The molecule has 1 saturated heterocycles. The molecular weight excluding hydrogens is 398 g/mol. The lowest BCUT2D eigenvalue weighted by Crippen LogP contribution is -2.29. The van der Waals surface area contributed by atoms with Gasteiger partial charge in [0.1, 0.15) is 11.3 Å². The summed E-state index contributed by atoms with van der Waals surface area (Å²) in [6, 6.07) is 0.139. The van der Waals surface area contributed by atoms with Crippen molar-refractivity contribution in [2.75, 3.05) is 18.0 Å². The molecule has 2 heterocycles. The Kier molecular flexibility index (Phi) is 4.45. The van der Waals surface area contributed by atoms with E-state index in [1.54, 1.807) is 0 Å². The van der Waals surface area contributed by atoms with Crippen molar-refractivity contribution in [2.24, 2.45) is 5.73 Å². The van der Waals surface area contributed by atoms with E-state index in [1.807, 2.05) is 0 Å².